The van der Waals surface area contributed by atoms with E-state index in [1.54, 1.807) is 4.52 Å². The number of fused-ring (bicyclic) bond motifs is 1. The Balaban J connectivity index is 2.70. The Bertz CT molecular complexity index is 458. The van der Waals surface area contributed by atoms with Crippen molar-refractivity contribution < 1.29 is 9.53 Å². The standard InChI is InChI=1S/C8H7BrN2O2/c1-13-8(12)6-5-3-2-4-11(5)10-7(6)9/h2-4,10H,1H3. The van der Waals surface area contributed by atoms with E-state index < -0.39 is 0 Å². The van der Waals surface area contributed by atoms with Crippen molar-refractivity contribution in [2.45, 2.75) is 0 Å². The minimum Gasteiger partial charge on any atom is -0.465 e. The summed E-state index contributed by atoms with van der Waals surface area (Å²) in [6.45, 7) is 0. The summed E-state index contributed by atoms with van der Waals surface area (Å²) in [5.41, 5.74) is 1.33. The molecule has 4 nitrogen and oxygen atoms in total. The van der Waals surface area contributed by atoms with Crippen LogP contribution in [0.25, 0.3) is 5.52 Å². The fourth-order valence-electron chi connectivity index (χ4n) is 1.25. The van der Waals surface area contributed by atoms with E-state index in [0.717, 1.165) is 5.52 Å². The van der Waals surface area contributed by atoms with Gasteiger partial charge in [0.1, 0.15) is 10.2 Å². The lowest BCUT2D eigenvalue weighted by molar-refractivity contribution is 0.0602. The van der Waals surface area contributed by atoms with Crippen LogP contribution < -0.4 is 0 Å². The fraction of sp³-hybridized carbons (Fsp3) is 0.125. The number of nitrogens with one attached hydrogen (secondary N) is 1. The number of nitrogens with zero attached hydrogens (tertiary/aromatic N) is 1. The number of rotatable bonds is 1. The number of carbonyl (C=O) groups is 1. The van der Waals surface area contributed by atoms with E-state index in [-0.39, 0.29) is 5.97 Å². The SMILES string of the molecule is COC(=O)c1c(Br)[nH]n2cccc12. The highest BCUT2D eigenvalue weighted by Gasteiger charge is 2.17. The van der Waals surface area contributed by atoms with Gasteiger partial charge in [0.25, 0.3) is 0 Å². The van der Waals surface area contributed by atoms with Gasteiger partial charge in [-0.25, -0.2) is 4.79 Å². The number of hydrogen-bond donors (Lipinski definition) is 1. The number of hydrogen-bond acceptors (Lipinski definition) is 2. The van der Waals surface area contributed by atoms with Crippen molar-refractivity contribution in [3.8, 4) is 0 Å². The zero-order chi connectivity index (χ0) is 9.42. The highest BCUT2D eigenvalue weighted by molar-refractivity contribution is 9.10. The molecule has 0 unspecified atom stereocenters. The molecule has 1 N–H and O–H groups in total. The number of aromatic nitrogens is 2. The normalized spacial score (nSPS) is 10.6. The first kappa shape index (κ1) is 8.37. The van der Waals surface area contributed by atoms with E-state index in [4.69, 9.17) is 0 Å². The Kier molecular flexibility index (Phi) is 1.88. The molecule has 0 radical (unpaired) electrons. The lowest BCUT2D eigenvalue weighted by atomic mass is 10.3. The number of esters is 1. The van der Waals surface area contributed by atoms with Gasteiger partial charge in [0.05, 0.1) is 12.6 Å². The molecular formula is C8H7BrN2O2. The summed E-state index contributed by atoms with van der Waals surface area (Å²) >= 11 is 3.25. The maximum atomic E-state index is 11.3. The Morgan fingerprint density at radius 2 is 2.46 bits per heavy atom. The second kappa shape index (κ2) is 2.92. The van der Waals surface area contributed by atoms with E-state index in [1.807, 2.05) is 18.3 Å². The molecular weight excluding hydrogens is 236 g/mol. The molecule has 0 aromatic carbocycles. The fourth-order valence-corrected chi connectivity index (χ4v) is 1.81. The highest BCUT2D eigenvalue weighted by Crippen LogP contribution is 2.21. The summed E-state index contributed by atoms with van der Waals surface area (Å²) < 4.78 is 7.03. The summed E-state index contributed by atoms with van der Waals surface area (Å²) in [6.07, 6.45) is 1.83. The Morgan fingerprint density at radius 1 is 1.69 bits per heavy atom. The van der Waals surface area contributed by atoms with Gasteiger partial charge in [0.2, 0.25) is 0 Å². The van der Waals surface area contributed by atoms with Crippen LogP contribution in [0.2, 0.25) is 0 Å². The first-order valence-corrected chi connectivity index (χ1v) is 4.46. The van der Waals surface area contributed by atoms with Gasteiger partial charge in [-0.15, -0.1) is 0 Å². The second-order valence-electron chi connectivity index (χ2n) is 2.56. The maximum absolute atomic E-state index is 11.3. The molecule has 0 fully saturated rings. The lowest BCUT2D eigenvalue weighted by Gasteiger charge is -1.94. The third kappa shape index (κ3) is 1.16. The van der Waals surface area contributed by atoms with Crippen molar-refractivity contribution in [2.75, 3.05) is 7.11 Å². The third-order valence-electron chi connectivity index (χ3n) is 1.83. The molecule has 0 aliphatic carbocycles. The van der Waals surface area contributed by atoms with Crippen LogP contribution in [0.5, 0.6) is 0 Å². The van der Waals surface area contributed by atoms with E-state index in [2.05, 4.69) is 25.8 Å². The molecule has 0 aliphatic rings. The third-order valence-corrected chi connectivity index (χ3v) is 2.41. The Morgan fingerprint density at radius 3 is 3.15 bits per heavy atom. The van der Waals surface area contributed by atoms with Crippen LogP contribution in [0.3, 0.4) is 0 Å². The number of methoxy groups -OCH3 is 1. The van der Waals surface area contributed by atoms with Gasteiger partial charge in [0, 0.05) is 6.20 Å². The molecule has 0 amide bonds. The molecule has 13 heavy (non-hydrogen) atoms. The minimum absolute atomic E-state index is 0.350. The van der Waals surface area contributed by atoms with Crippen molar-refractivity contribution in [1.29, 1.82) is 0 Å². The van der Waals surface area contributed by atoms with Crippen molar-refractivity contribution >= 4 is 27.4 Å². The second-order valence-corrected chi connectivity index (χ2v) is 3.35. The predicted molar refractivity (Wildman–Crippen MR) is 50.8 cm³/mol. The van der Waals surface area contributed by atoms with Crippen LogP contribution in [0.15, 0.2) is 22.9 Å². The van der Waals surface area contributed by atoms with E-state index >= 15 is 0 Å². The summed E-state index contributed by atoms with van der Waals surface area (Å²) in [4.78, 5) is 11.3. The highest BCUT2D eigenvalue weighted by atomic mass is 79.9. The molecule has 2 rings (SSSR count). The van der Waals surface area contributed by atoms with Gasteiger partial charge < -0.3 is 4.74 Å². The molecule has 2 heterocycles. The first-order valence-electron chi connectivity index (χ1n) is 3.67. The Labute approximate surface area is 82.6 Å². The van der Waals surface area contributed by atoms with Crippen molar-refractivity contribution in [1.82, 2.24) is 9.61 Å². The van der Waals surface area contributed by atoms with Gasteiger partial charge in [0.15, 0.2) is 0 Å². The number of ether oxygens (including phenoxy) is 1. The molecule has 5 heteroatoms. The molecule has 68 valence electrons. The molecule has 0 spiro atoms. The lowest BCUT2D eigenvalue weighted by Crippen LogP contribution is -2.00. The molecule has 0 atom stereocenters. The van der Waals surface area contributed by atoms with Crippen LogP contribution in [0, 0.1) is 0 Å². The summed E-state index contributed by atoms with van der Waals surface area (Å²) in [7, 11) is 1.36. The van der Waals surface area contributed by atoms with Gasteiger partial charge >= 0.3 is 5.97 Å². The summed E-state index contributed by atoms with van der Waals surface area (Å²) in [6, 6.07) is 3.69. The zero-order valence-corrected chi connectivity index (χ0v) is 8.46. The monoisotopic (exact) mass is 242 g/mol. The van der Waals surface area contributed by atoms with E-state index in [9.17, 15) is 4.79 Å². The molecule has 2 aromatic rings. The van der Waals surface area contributed by atoms with Gasteiger partial charge in [-0.3, -0.25) is 9.61 Å². The van der Waals surface area contributed by atoms with E-state index in [0.29, 0.717) is 10.2 Å². The predicted octanol–water partition coefficient (Wildman–Crippen LogP) is 1.82. The Hall–Kier alpha value is -1.23. The van der Waals surface area contributed by atoms with Crippen LogP contribution in [0.4, 0.5) is 0 Å². The average molecular weight is 243 g/mol. The van der Waals surface area contributed by atoms with Crippen LogP contribution in [-0.2, 0) is 4.74 Å². The van der Waals surface area contributed by atoms with Gasteiger partial charge in [-0.1, -0.05) is 0 Å². The molecule has 0 saturated heterocycles. The van der Waals surface area contributed by atoms with Gasteiger partial charge in [-0.05, 0) is 28.1 Å². The number of H-pyrrole nitrogens is 1. The van der Waals surface area contributed by atoms with Crippen molar-refractivity contribution in [2.24, 2.45) is 0 Å². The topological polar surface area (TPSA) is 46.5 Å². The minimum atomic E-state index is -0.350. The van der Waals surface area contributed by atoms with Gasteiger partial charge in [-0.2, -0.15) is 0 Å². The van der Waals surface area contributed by atoms with Crippen molar-refractivity contribution in [3.63, 3.8) is 0 Å². The molecule has 0 saturated carbocycles. The molecule has 0 aliphatic heterocycles. The summed E-state index contributed by atoms with van der Waals surface area (Å²) in [5.74, 6) is -0.350. The largest absolute Gasteiger partial charge is 0.465 e. The zero-order valence-electron chi connectivity index (χ0n) is 6.87. The van der Waals surface area contributed by atoms with Crippen LogP contribution >= 0.6 is 15.9 Å². The molecule has 2 aromatic heterocycles. The van der Waals surface area contributed by atoms with Crippen LogP contribution in [-0.4, -0.2) is 22.7 Å². The molecule has 0 bridgehead atoms. The smallest absolute Gasteiger partial charge is 0.342 e. The average Bonchev–Trinajstić information content (AvgIpc) is 2.62. The first-order chi connectivity index (χ1) is 6.24. The van der Waals surface area contributed by atoms with E-state index in [1.165, 1.54) is 7.11 Å². The summed E-state index contributed by atoms with van der Waals surface area (Å²) in [5, 5.41) is 2.95. The van der Waals surface area contributed by atoms with Crippen molar-refractivity contribution in [3.05, 3.63) is 28.5 Å². The quantitative estimate of drug-likeness (QED) is 0.776. The maximum Gasteiger partial charge on any atom is 0.342 e. The number of carbonyl (C=O) groups excluding carboxylic acids is 1. The van der Waals surface area contributed by atoms with Crippen LogP contribution in [0.1, 0.15) is 10.4 Å². The number of halogens is 1. The number of aromatic amines is 1.